The highest BCUT2D eigenvalue weighted by molar-refractivity contribution is 5.55. The first-order chi connectivity index (χ1) is 12.7. The van der Waals surface area contributed by atoms with Gasteiger partial charge in [0.25, 0.3) is 0 Å². The SMILES string of the molecule is CCOc1ccc(-c2noc(CCc3nc(CC(C)NC)no3)n2)cc1. The molecule has 2 aromatic heterocycles. The molecular weight excluding hydrogens is 334 g/mol. The number of nitrogens with one attached hydrogen (secondary N) is 1. The fourth-order valence-corrected chi connectivity index (χ4v) is 2.40. The summed E-state index contributed by atoms with van der Waals surface area (Å²) in [4.78, 5) is 8.81. The molecule has 1 N–H and O–H groups in total. The van der Waals surface area contributed by atoms with Gasteiger partial charge < -0.3 is 19.1 Å². The minimum absolute atomic E-state index is 0.299. The molecule has 0 bridgehead atoms. The molecular formula is C18H23N5O3. The summed E-state index contributed by atoms with van der Waals surface area (Å²) in [7, 11) is 1.91. The first-order valence-corrected chi connectivity index (χ1v) is 8.72. The predicted octanol–water partition coefficient (Wildman–Crippen LogP) is 2.45. The van der Waals surface area contributed by atoms with Gasteiger partial charge in [-0.25, -0.2) is 0 Å². The number of hydrogen-bond acceptors (Lipinski definition) is 8. The van der Waals surface area contributed by atoms with E-state index in [0.29, 0.717) is 48.9 Å². The zero-order valence-corrected chi connectivity index (χ0v) is 15.2. The Balaban J connectivity index is 1.57. The van der Waals surface area contributed by atoms with Crippen LogP contribution in [-0.4, -0.2) is 40.0 Å². The molecule has 0 saturated heterocycles. The monoisotopic (exact) mass is 357 g/mol. The van der Waals surface area contributed by atoms with Gasteiger partial charge in [-0.2, -0.15) is 9.97 Å². The molecule has 1 unspecified atom stereocenters. The molecule has 0 saturated carbocycles. The number of likely N-dealkylation sites (N-methyl/N-ethyl adjacent to an activating group) is 1. The Labute approximate surface area is 151 Å². The molecule has 26 heavy (non-hydrogen) atoms. The summed E-state index contributed by atoms with van der Waals surface area (Å²) in [6.45, 7) is 4.65. The molecule has 0 amide bonds. The summed E-state index contributed by atoms with van der Waals surface area (Å²) in [5.74, 6) is 3.18. The molecule has 0 fully saturated rings. The third-order valence-corrected chi connectivity index (χ3v) is 3.94. The molecule has 0 aliphatic rings. The van der Waals surface area contributed by atoms with Crippen molar-refractivity contribution in [3.8, 4) is 17.1 Å². The molecule has 0 aliphatic heterocycles. The van der Waals surface area contributed by atoms with E-state index in [1.54, 1.807) is 0 Å². The largest absolute Gasteiger partial charge is 0.494 e. The third-order valence-electron chi connectivity index (χ3n) is 3.94. The zero-order valence-electron chi connectivity index (χ0n) is 15.2. The number of aryl methyl sites for hydroxylation is 2. The van der Waals surface area contributed by atoms with E-state index in [-0.39, 0.29) is 0 Å². The fourth-order valence-electron chi connectivity index (χ4n) is 2.40. The number of nitrogens with zero attached hydrogens (tertiary/aromatic N) is 4. The second-order valence-corrected chi connectivity index (χ2v) is 5.97. The summed E-state index contributed by atoms with van der Waals surface area (Å²) >= 11 is 0. The minimum atomic E-state index is 0.299. The van der Waals surface area contributed by atoms with Crippen molar-refractivity contribution in [3.05, 3.63) is 41.9 Å². The van der Waals surface area contributed by atoms with E-state index in [1.165, 1.54) is 0 Å². The van der Waals surface area contributed by atoms with Crippen molar-refractivity contribution in [1.29, 1.82) is 0 Å². The van der Waals surface area contributed by atoms with Crippen LogP contribution in [0, 0.1) is 0 Å². The van der Waals surface area contributed by atoms with Crippen LogP contribution in [0.1, 0.15) is 31.5 Å². The summed E-state index contributed by atoms with van der Waals surface area (Å²) < 4.78 is 16.0. The summed E-state index contributed by atoms with van der Waals surface area (Å²) in [5.41, 5.74) is 0.879. The maximum atomic E-state index is 5.43. The van der Waals surface area contributed by atoms with E-state index in [4.69, 9.17) is 13.8 Å². The summed E-state index contributed by atoms with van der Waals surface area (Å²) in [6, 6.07) is 7.90. The van der Waals surface area contributed by atoms with Gasteiger partial charge in [-0.3, -0.25) is 0 Å². The lowest BCUT2D eigenvalue weighted by atomic mass is 10.2. The number of rotatable bonds is 9. The molecule has 3 rings (SSSR count). The van der Waals surface area contributed by atoms with Gasteiger partial charge in [0.15, 0.2) is 5.82 Å². The standard InChI is InChI=1S/C18H23N5O3/c1-4-24-14-7-5-13(6-8-14)18-21-17(26-23-18)10-9-16-20-15(22-25-16)11-12(2)19-3/h5-8,12,19H,4,9-11H2,1-3H3. The van der Waals surface area contributed by atoms with Gasteiger partial charge in [0.1, 0.15) is 5.75 Å². The Morgan fingerprint density at radius 2 is 1.73 bits per heavy atom. The van der Waals surface area contributed by atoms with Crippen LogP contribution in [0.15, 0.2) is 33.3 Å². The van der Waals surface area contributed by atoms with E-state index in [9.17, 15) is 0 Å². The molecule has 8 nitrogen and oxygen atoms in total. The number of ether oxygens (including phenoxy) is 1. The van der Waals surface area contributed by atoms with Crippen LogP contribution in [0.4, 0.5) is 0 Å². The first kappa shape index (κ1) is 18.1. The van der Waals surface area contributed by atoms with Crippen LogP contribution in [0.25, 0.3) is 11.4 Å². The molecule has 2 heterocycles. The van der Waals surface area contributed by atoms with Crippen LogP contribution < -0.4 is 10.1 Å². The molecule has 0 spiro atoms. The molecule has 0 aliphatic carbocycles. The van der Waals surface area contributed by atoms with Gasteiger partial charge in [0.05, 0.1) is 6.61 Å². The molecule has 1 atom stereocenters. The number of benzene rings is 1. The Morgan fingerprint density at radius 1 is 1.04 bits per heavy atom. The molecule has 138 valence electrons. The average Bonchev–Trinajstić information content (AvgIpc) is 3.30. The summed E-state index contributed by atoms with van der Waals surface area (Å²) in [6.07, 6.45) is 1.83. The van der Waals surface area contributed by atoms with Gasteiger partial charge in [0, 0.05) is 30.9 Å². The predicted molar refractivity (Wildman–Crippen MR) is 94.8 cm³/mol. The highest BCUT2D eigenvalue weighted by atomic mass is 16.5. The maximum absolute atomic E-state index is 5.43. The Morgan fingerprint density at radius 3 is 2.42 bits per heavy atom. The van der Waals surface area contributed by atoms with Gasteiger partial charge in [-0.1, -0.05) is 10.3 Å². The third kappa shape index (κ3) is 4.66. The maximum Gasteiger partial charge on any atom is 0.227 e. The Hall–Kier alpha value is -2.74. The zero-order chi connectivity index (χ0) is 18.4. The average molecular weight is 357 g/mol. The van der Waals surface area contributed by atoms with Gasteiger partial charge in [-0.15, -0.1) is 0 Å². The van der Waals surface area contributed by atoms with Crippen molar-refractivity contribution in [2.45, 2.75) is 39.2 Å². The first-order valence-electron chi connectivity index (χ1n) is 8.72. The topological polar surface area (TPSA) is 99.1 Å². The Kier molecular flexibility index (Phi) is 5.96. The van der Waals surface area contributed by atoms with E-state index in [2.05, 4.69) is 32.5 Å². The normalized spacial score (nSPS) is 12.3. The molecule has 3 aromatic rings. The molecule has 1 aromatic carbocycles. The molecule has 8 heteroatoms. The van der Waals surface area contributed by atoms with Crippen LogP contribution in [-0.2, 0) is 19.3 Å². The Bertz CT molecular complexity index is 812. The van der Waals surface area contributed by atoms with Crippen LogP contribution in [0.3, 0.4) is 0 Å². The highest BCUT2D eigenvalue weighted by Gasteiger charge is 2.13. The highest BCUT2D eigenvalue weighted by Crippen LogP contribution is 2.20. The van der Waals surface area contributed by atoms with E-state index >= 15 is 0 Å². The van der Waals surface area contributed by atoms with Crippen LogP contribution in [0.5, 0.6) is 5.75 Å². The van der Waals surface area contributed by atoms with Crippen molar-refractivity contribution in [2.24, 2.45) is 0 Å². The second-order valence-electron chi connectivity index (χ2n) is 5.97. The second kappa shape index (κ2) is 8.57. The fraction of sp³-hybridized carbons (Fsp3) is 0.444. The number of aromatic nitrogens is 4. The van der Waals surface area contributed by atoms with Crippen molar-refractivity contribution in [1.82, 2.24) is 25.6 Å². The van der Waals surface area contributed by atoms with E-state index in [0.717, 1.165) is 17.7 Å². The van der Waals surface area contributed by atoms with Gasteiger partial charge in [-0.05, 0) is 45.2 Å². The summed E-state index contributed by atoms with van der Waals surface area (Å²) in [5, 5.41) is 11.2. The minimum Gasteiger partial charge on any atom is -0.494 e. The van der Waals surface area contributed by atoms with Crippen molar-refractivity contribution >= 4 is 0 Å². The molecule has 0 radical (unpaired) electrons. The van der Waals surface area contributed by atoms with Gasteiger partial charge in [0.2, 0.25) is 17.6 Å². The smallest absolute Gasteiger partial charge is 0.227 e. The van der Waals surface area contributed by atoms with Crippen LogP contribution >= 0.6 is 0 Å². The van der Waals surface area contributed by atoms with E-state index in [1.807, 2.05) is 38.2 Å². The quantitative estimate of drug-likeness (QED) is 0.623. The lowest BCUT2D eigenvalue weighted by Crippen LogP contribution is -2.24. The lowest BCUT2D eigenvalue weighted by Gasteiger charge is -2.04. The van der Waals surface area contributed by atoms with E-state index < -0.39 is 0 Å². The van der Waals surface area contributed by atoms with Gasteiger partial charge >= 0.3 is 0 Å². The van der Waals surface area contributed by atoms with Crippen molar-refractivity contribution in [3.63, 3.8) is 0 Å². The van der Waals surface area contributed by atoms with Crippen molar-refractivity contribution in [2.75, 3.05) is 13.7 Å². The van der Waals surface area contributed by atoms with Crippen LogP contribution in [0.2, 0.25) is 0 Å². The lowest BCUT2D eigenvalue weighted by molar-refractivity contribution is 0.340. The van der Waals surface area contributed by atoms with Crippen molar-refractivity contribution < 1.29 is 13.8 Å². The number of hydrogen-bond donors (Lipinski definition) is 1.